The predicted molar refractivity (Wildman–Crippen MR) is 101 cm³/mol. The van der Waals surface area contributed by atoms with Crippen molar-refractivity contribution in [3.8, 4) is 11.8 Å². The van der Waals surface area contributed by atoms with Crippen LogP contribution in [0.25, 0.3) is 32.8 Å². The lowest BCUT2D eigenvalue weighted by Gasteiger charge is -1.98. The van der Waals surface area contributed by atoms with Crippen molar-refractivity contribution in [3.05, 3.63) is 58.3 Å². The number of nitriles is 1. The number of halogens is 1. The summed E-state index contributed by atoms with van der Waals surface area (Å²) in [6.45, 7) is 0. The van der Waals surface area contributed by atoms with Gasteiger partial charge < -0.3 is 9.15 Å². The number of hydrogen-bond donors (Lipinski definition) is 0. The molecule has 2 aromatic carbocycles. The maximum atomic E-state index is 9.55. The molecule has 6 heteroatoms. The van der Waals surface area contributed by atoms with Gasteiger partial charge in [-0.25, -0.2) is 4.98 Å². The Kier molecular flexibility index (Phi) is 3.92. The van der Waals surface area contributed by atoms with Crippen molar-refractivity contribution in [2.75, 3.05) is 7.11 Å². The Hall–Kier alpha value is -2.81. The van der Waals surface area contributed by atoms with Gasteiger partial charge in [-0.15, -0.1) is 11.3 Å². The van der Waals surface area contributed by atoms with Crippen LogP contribution in [0.15, 0.2) is 46.9 Å². The molecule has 0 saturated heterocycles. The molecule has 0 aliphatic rings. The summed E-state index contributed by atoms with van der Waals surface area (Å²) >= 11 is 7.45. The molecule has 0 bridgehead atoms. The van der Waals surface area contributed by atoms with Crippen molar-refractivity contribution in [3.63, 3.8) is 0 Å². The smallest absolute Gasteiger partial charge is 0.176 e. The fourth-order valence-electron chi connectivity index (χ4n) is 2.59. The first-order valence-electron chi connectivity index (χ1n) is 7.43. The van der Waals surface area contributed by atoms with E-state index in [1.165, 1.54) is 11.3 Å². The van der Waals surface area contributed by atoms with Crippen LogP contribution in [0.5, 0.6) is 5.75 Å². The maximum Gasteiger partial charge on any atom is 0.176 e. The molecule has 0 spiro atoms. The van der Waals surface area contributed by atoms with E-state index in [-0.39, 0.29) is 0 Å². The van der Waals surface area contributed by atoms with E-state index in [4.69, 9.17) is 20.8 Å². The lowest BCUT2D eigenvalue weighted by atomic mass is 10.2. The number of nitrogens with zero attached hydrogens (tertiary/aromatic N) is 2. The number of ether oxygens (including phenoxy) is 1. The highest BCUT2D eigenvalue weighted by Gasteiger charge is 2.12. The van der Waals surface area contributed by atoms with Gasteiger partial charge in [-0.1, -0.05) is 23.7 Å². The highest BCUT2D eigenvalue weighted by molar-refractivity contribution is 7.19. The zero-order valence-corrected chi connectivity index (χ0v) is 14.7. The number of furan rings is 1. The highest BCUT2D eigenvalue weighted by atomic mass is 35.5. The molecule has 0 amide bonds. The molecule has 2 heterocycles. The van der Waals surface area contributed by atoms with E-state index < -0.39 is 0 Å². The molecule has 4 nitrogen and oxygen atoms in total. The summed E-state index contributed by atoms with van der Waals surface area (Å²) in [6.07, 6.45) is 1.69. The zero-order valence-electron chi connectivity index (χ0n) is 13.1. The van der Waals surface area contributed by atoms with E-state index in [1.807, 2.05) is 36.4 Å². The number of para-hydroxylation sites is 1. The van der Waals surface area contributed by atoms with Gasteiger partial charge in [0.1, 0.15) is 16.8 Å². The van der Waals surface area contributed by atoms with Gasteiger partial charge in [-0.05, 0) is 30.3 Å². The van der Waals surface area contributed by atoms with Crippen LogP contribution in [0.4, 0.5) is 0 Å². The quantitative estimate of drug-likeness (QED) is 0.432. The Balaban J connectivity index is 1.81. The average molecular weight is 367 g/mol. The first kappa shape index (κ1) is 15.7. The average Bonchev–Trinajstić information content (AvgIpc) is 3.21. The van der Waals surface area contributed by atoms with E-state index in [2.05, 4.69) is 11.1 Å². The third kappa shape index (κ3) is 2.86. The van der Waals surface area contributed by atoms with E-state index in [0.29, 0.717) is 32.7 Å². The second-order valence-electron chi connectivity index (χ2n) is 5.33. The number of hydrogen-bond acceptors (Lipinski definition) is 5. The summed E-state index contributed by atoms with van der Waals surface area (Å²) in [7, 11) is 1.60. The second kappa shape index (κ2) is 6.25. The Bertz CT molecular complexity index is 1170. The van der Waals surface area contributed by atoms with Crippen LogP contribution in [0.2, 0.25) is 5.02 Å². The topological polar surface area (TPSA) is 59.0 Å². The highest BCUT2D eigenvalue weighted by Crippen LogP contribution is 2.32. The fraction of sp³-hybridized carbons (Fsp3) is 0.0526. The Morgan fingerprint density at radius 2 is 2.20 bits per heavy atom. The first-order valence-corrected chi connectivity index (χ1v) is 8.62. The Morgan fingerprint density at radius 1 is 1.32 bits per heavy atom. The van der Waals surface area contributed by atoms with Crippen LogP contribution in [0.1, 0.15) is 10.8 Å². The molecule has 2 aromatic heterocycles. The monoisotopic (exact) mass is 366 g/mol. The lowest BCUT2D eigenvalue weighted by Crippen LogP contribution is -1.81. The maximum absolute atomic E-state index is 9.55. The van der Waals surface area contributed by atoms with Gasteiger partial charge in [0.25, 0.3) is 0 Å². The number of fused-ring (bicyclic) bond motifs is 2. The zero-order chi connectivity index (χ0) is 17.4. The van der Waals surface area contributed by atoms with Crippen LogP contribution in [0, 0.1) is 11.3 Å². The van der Waals surface area contributed by atoms with Gasteiger partial charge in [-0.2, -0.15) is 5.26 Å². The molecule has 0 unspecified atom stereocenters. The van der Waals surface area contributed by atoms with Crippen LogP contribution in [0.3, 0.4) is 0 Å². The van der Waals surface area contributed by atoms with Crippen LogP contribution >= 0.6 is 22.9 Å². The second-order valence-corrected chi connectivity index (χ2v) is 6.80. The predicted octanol–water partition coefficient (Wildman–Crippen LogP) is 5.77. The number of thiazole rings is 1. The third-order valence-electron chi connectivity index (χ3n) is 3.73. The summed E-state index contributed by atoms with van der Waals surface area (Å²) in [6, 6.07) is 15.2. The lowest BCUT2D eigenvalue weighted by molar-refractivity contribution is 0.410. The third-order valence-corrected chi connectivity index (χ3v) is 5.04. The van der Waals surface area contributed by atoms with Gasteiger partial charge in [0.2, 0.25) is 0 Å². The van der Waals surface area contributed by atoms with E-state index >= 15 is 0 Å². The number of allylic oxidation sites excluding steroid dienone is 1. The summed E-state index contributed by atoms with van der Waals surface area (Å²) in [5, 5.41) is 11.7. The Morgan fingerprint density at radius 3 is 3.00 bits per heavy atom. The number of rotatable bonds is 3. The molecule has 4 rings (SSSR count). The van der Waals surface area contributed by atoms with Gasteiger partial charge >= 0.3 is 0 Å². The summed E-state index contributed by atoms with van der Waals surface area (Å²) in [5.41, 5.74) is 1.87. The van der Waals surface area contributed by atoms with Gasteiger partial charge in [0, 0.05) is 16.5 Å². The molecular formula is C19H11ClN2O2S. The minimum absolute atomic E-state index is 0.440. The summed E-state index contributed by atoms with van der Waals surface area (Å²) < 4.78 is 12.1. The number of methoxy groups -OCH3 is 1. The van der Waals surface area contributed by atoms with Gasteiger partial charge in [-0.3, -0.25) is 0 Å². The molecule has 0 aliphatic carbocycles. The summed E-state index contributed by atoms with van der Waals surface area (Å²) in [4.78, 5) is 4.51. The van der Waals surface area contributed by atoms with Crippen molar-refractivity contribution < 1.29 is 9.15 Å². The molecule has 0 atom stereocenters. The van der Waals surface area contributed by atoms with Crippen LogP contribution < -0.4 is 4.74 Å². The molecule has 0 aliphatic heterocycles. The minimum Gasteiger partial charge on any atom is -0.493 e. The molecule has 0 radical (unpaired) electrons. The number of aromatic nitrogens is 1. The first-order chi connectivity index (χ1) is 12.2. The van der Waals surface area contributed by atoms with Gasteiger partial charge in [0.05, 0.1) is 22.9 Å². The van der Waals surface area contributed by atoms with Crippen LogP contribution in [-0.4, -0.2) is 12.1 Å². The van der Waals surface area contributed by atoms with Crippen molar-refractivity contribution in [2.45, 2.75) is 0 Å². The van der Waals surface area contributed by atoms with Crippen molar-refractivity contribution in [2.24, 2.45) is 0 Å². The van der Waals surface area contributed by atoms with Crippen molar-refractivity contribution in [1.29, 1.82) is 5.26 Å². The van der Waals surface area contributed by atoms with Crippen molar-refractivity contribution in [1.82, 2.24) is 4.98 Å². The number of benzene rings is 2. The molecule has 0 N–H and O–H groups in total. The van der Waals surface area contributed by atoms with Gasteiger partial charge in [0.15, 0.2) is 11.3 Å². The normalized spacial score (nSPS) is 11.8. The Labute approximate surface area is 152 Å². The molecule has 122 valence electrons. The van der Waals surface area contributed by atoms with Crippen LogP contribution in [-0.2, 0) is 0 Å². The van der Waals surface area contributed by atoms with E-state index in [1.54, 1.807) is 19.3 Å². The fourth-order valence-corrected chi connectivity index (χ4v) is 3.67. The minimum atomic E-state index is 0.440. The molecule has 4 aromatic rings. The van der Waals surface area contributed by atoms with E-state index in [0.717, 1.165) is 15.6 Å². The molecule has 25 heavy (non-hydrogen) atoms. The summed E-state index contributed by atoms with van der Waals surface area (Å²) in [5.74, 6) is 1.23. The van der Waals surface area contributed by atoms with Crippen molar-refractivity contribution >= 4 is 55.8 Å². The standard InChI is InChI=1S/C19H11ClN2O2S/c1-23-16-4-2-3-11-7-14(24-18(11)16)8-12(10-21)19-22-15-9-13(20)5-6-17(15)25-19/h2-9H,1H3/b12-8+. The molecule has 0 saturated carbocycles. The molecular weight excluding hydrogens is 356 g/mol. The van der Waals surface area contributed by atoms with E-state index in [9.17, 15) is 5.26 Å². The SMILES string of the molecule is COc1cccc2cc(/C=C(\C#N)c3nc4cc(Cl)ccc4s3)oc12. The molecule has 0 fully saturated rings. The largest absolute Gasteiger partial charge is 0.493 e.